The Morgan fingerprint density at radius 3 is 3.12 bits per heavy atom. The third-order valence-corrected chi connectivity index (χ3v) is 5.17. The largest absolute Gasteiger partial charge is 0.349 e. The van der Waals surface area contributed by atoms with E-state index in [0.717, 1.165) is 34.3 Å². The molecule has 2 heterocycles. The minimum absolute atomic E-state index is 0.0241. The molecular formula is C17H16N4O2S. The molecule has 122 valence electrons. The first-order valence-corrected chi connectivity index (χ1v) is 8.68. The maximum atomic E-state index is 12.5. The highest BCUT2D eigenvalue weighted by Crippen LogP contribution is 2.21. The number of nitrogens with zero attached hydrogens (tertiary/aromatic N) is 3. The van der Waals surface area contributed by atoms with Crippen LogP contribution in [0.5, 0.6) is 0 Å². The minimum Gasteiger partial charge on any atom is -0.349 e. The molecule has 1 aliphatic rings. The normalized spacial score (nSPS) is 16.8. The molecule has 3 aromatic rings. The van der Waals surface area contributed by atoms with Crippen LogP contribution in [0.15, 0.2) is 34.6 Å². The Labute approximate surface area is 142 Å². The average Bonchev–Trinajstić information content (AvgIpc) is 3.03. The van der Waals surface area contributed by atoms with Gasteiger partial charge in [0.1, 0.15) is 0 Å². The summed E-state index contributed by atoms with van der Waals surface area (Å²) in [6, 6.07) is 7.19. The smallest absolute Gasteiger partial charge is 0.266 e. The zero-order chi connectivity index (χ0) is 16.7. The summed E-state index contributed by atoms with van der Waals surface area (Å²) in [6.45, 7) is 0. The van der Waals surface area contributed by atoms with E-state index < -0.39 is 0 Å². The molecule has 4 rings (SSSR count). The number of rotatable bonds is 2. The lowest BCUT2D eigenvalue weighted by molar-refractivity contribution is 0.0933. The van der Waals surface area contributed by atoms with Gasteiger partial charge in [-0.15, -0.1) is 11.3 Å². The number of thiazole rings is 1. The highest BCUT2D eigenvalue weighted by Gasteiger charge is 2.22. The standard InChI is InChI=1S/C17H16N4O2S/c1-21-16(22)8-11-6-12(3-5-13(11)20-21)19-17(23)10-2-4-14-15(7-10)24-9-18-14/h2,4,7-9,12H,3,5-6H2,1H3,(H,19,23). The first-order chi connectivity index (χ1) is 11.6. The number of carbonyl (C=O) groups excluding carboxylic acids is 1. The van der Waals surface area contributed by atoms with Crippen LogP contribution in [0.4, 0.5) is 0 Å². The number of hydrogen-bond donors (Lipinski definition) is 1. The van der Waals surface area contributed by atoms with E-state index >= 15 is 0 Å². The molecule has 1 amide bonds. The summed E-state index contributed by atoms with van der Waals surface area (Å²) in [7, 11) is 1.66. The third kappa shape index (κ3) is 2.71. The quantitative estimate of drug-likeness (QED) is 0.770. The Kier molecular flexibility index (Phi) is 3.65. The Bertz CT molecular complexity index is 992. The van der Waals surface area contributed by atoms with E-state index in [1.54, 1.807) is 24.7 Å². The molecule has 1 atom stereocenters. The topological polar surface area (TPSA) is 76.9 Å². The Balaban J connectivity index is 1.52. The number of amides is 1. The number of nitrogens with one attached hydrogen (secondary N) is 1. The van der Waals surface area contributed by atoms with E-state index in [1.165, 1.54) is 16.0 Å². The molecule has 0 saturated carbocycles. The molecule has 1 N–H and O–H groups in total. The van der Waals surface area contributed by atoms with Gasteiger partial charge in [-0.1, -0.05) is 0 Å². The van der Waals surface area contributed by atoms with Crippen molar-refractivity contribution in [2.75, 3.05) is 0 Å². The van der Waals surface area contributed by atoms with Crippen LogP contribution in [-0.2, 0) is 19.9 Å². The highest BCUT2D eigenvalue weighted by atomic mass is 32.1. The molecule has 2 aromatic heterocycles. The Morgan fingerprint density at radius 1 is 1.38 bits per heavy atom. The second-order valence-corrected chi connectivity index (χ2v) is 6.91. The summed E-state index contributed by atoms with van der Waals surface area (Å²) in [6.07, 6.45) is 2.24. The van der Waals surface area contributed by atoms with Crippen molar-refractivity contribution in [2.45, 2.75) is 25.3 Å². The van der Waals surface area contributed by atoms with E-state index in [-0.39, 0.29) is 17.5 Å². The van der Waals surface area contributed by atoms with Crippen molar-refractivity contribution in [1.82, 2.24) is 20.1 Å². The van der Waals surface area contributed by atoms with Gasteiger partial charge in [-0.05, 0) is 43.0 Å². The van der Waals surface area contributed by atoms with Crippen LogP contribution >= 0.6 is 11.3 Å². The lowest BCUT2D eigenvalue weighted by Crippen LogP contribution is -2.40. The van der Waals surface area contributed by atoms with Crippen LogP contribution in [0.1, 0.15) is 28.0 Å². The molecule has 1 aliphatic carbocycles. The van der Waals surface area contributed by atoms with Crippen LogP contribution in [0, 0.1) is 0 Å². The lowest BCUT2D eigenvalue weighted by Gasteiger charge is -2.24. The number of fused-ring (bicyclic) bond motifs is 2. The highest BCUT2D eigenvalue weighted by molar-refractivity contribution is 7.16. The molecule has 1 aromatic carbocycles. The van der Waals surface area contributed by atoms with Crippen molar-refractivity contribution in [3.05, 3.63) is 57.0 Å². The fourth-order valence-electron chi connectivity index (χ4n) is 3.07. The zero-order valence-corrected chi connectivity index (χ0v) is 14.0. The number of carbonyl (C=O) groups is 1. The van der Waals surface area contributed by atoms with E-state index in [4.69, 9.17) is 0 Å². The maximum Gasteiger partial charge on any atom is 0.266 e. The molecule has 0 saturated heterocycles. The van der Waals surface area contributed by atoms with Gasteiger partial charge in [-0.3, -0.25) is 9.59 Å². The second kappa shape index (κ2) is 5.83. The Morgan fingerprint density at radius 2 is 2.25 bits per heavy atom. The first-order valence-electron chi connectivity index (χ1n) is 7.80. The first kappa shape index (κ1) is 15.0. The van der Waals surface area contributed by atoms with Crippen molar-refractivity contribution in [3.8, 4) is 0 Å². The molecule has 0 bridgehead atoms. The van der Waals surface area contributed by atoms with Gasteiger partial charge in [0.2, 0.25) is 0 Å². The molecule has 7 heteroatoms. The summed E-state index contributed by atoms with van der Waals surface area (Å²) in [5.41, 5.74) is 5.10. The predicted molar refractivity (Wildman–Crippen MR) is 92.4 cm³/mol. The van der Waals surface area contributed by atoms with Crippen LogP contribution < -0.4 is 10.9 Å². The van der Waals surface area contributed by atoms with E-state index in [0.29, 0.717) is 12.0 Å². The van der Waals surface area contributed by atoms with Gasteiger partial charge in [-0.25, -0.2) is 9.67 Å². The monoisotopic (exact) mass is 340 g/mol. The van der Waals surface area contributed by atoms with Crippen molar-refractivity contribution >= 4 is 27.5 Å². The molecule has 0 aliphatic heterocycles. The summed E-state index contributed by atoms with van der Waals surface area (Å²) < 4.78 is 2.37. The summed E-state index contributed by atoms with van der Waals surface area (Å²) >= 11 is 1.52. The van der Waals surface area contributed by atoms with Gasteiger partial charge in [0, 0.05) is 24.7 Å². The van der Waals surface area contributed by atoms with Gasteiger partial charge in [0.15, 0.2) is 0 Å². The summed E-state index contributed by atoms with van der Waals surface area (Å²) in [5.74, 6) is -0.0875. The summed E-state index contributed by atoms with van der Waals surface area (Å²) in [4.78, 5) is 28.5. The van der Waals surface area contributed by atoms with Gasteiger partial charge >= 0.3 is 0 Å². The molecule has 24 heavy (non-hydrogen) atoms. The van der Waals surface area contributed by atoms with E-state index in [2.05, 4.69) is 15.4 Å². The zero-order valence-electron chi connectivity index (χ0n) is 13.2. The van der Waals surface area contributed by atoms with Gasteiger partial charge in [-0.2, -0.15) is 5.10 Å². The molecule has 0 spiro atoms. The second-order valence-electron chi connectivity index (χ2n) is 6.03. The molecular weight excluding hydrogens is 324 g/mol. The number of aryl methyl sites for hydroxylation is 2. The van der Waals surface area contributed by atoms with Crippen molar-refractivity contribution < 1.29 is 4.79 Å². The van der Waals surface area contributed by atoms with Gasteiger partial charge in [0.05, 0.1) is 21.4 Å². The third-order valence-electron chi connectivity index (χ3n) is 4.38. The fraction of sp³-hybridized carbons (Fsp3) is 0.294. The summed E-state index contributed by atoms with van der Waals surface area (Å²) in [5, 5.41) is 7.37. The van der Waals surface area contributed by atoms with Crippen molar-refractivity contribution in [1.29, 1.82) is 0 Å². The van der Waals surface area contributed by atoms with Crippen molar-refractivity contribution in [3.63, 3.8) is 0 Å². The molecule has 6 nitrogen and oxygen atoms in total. The van der Waals surface area contributed by atoms with Crippen LogP contribution in [0.2, 0.25) is 0 Å². The molecule has 0 radical (unpaired) electrons. The van der Waals surface area contributed by atoms with Gasteiger partial charge < -0.3 is 5.32 Å². The van der Waals surface area contributed by atoms with Crippen molar-refractivity contribution in [2.24, 2.45) is 7.05 Å². The average molecular weight is 340 g/mol. The number of benzene rings is 1. The Hall–Kier alpha value is -2.54. The molecule has 0 fully saturated rings. The molecule has 1 unspecified atom stereocenters. The number of hydrogen-bond acceptors (Lipinski definition) is 5. The van der Waals surface area contributed by atoms with E-state index in [9.17, 15) is 9.59 Å². The van der Waals surface area contributed by atoms with Gasteiger partial charge in [0.25, 0.3) is 11.5 Å². The number of aromatic nitrogens is 3. The maximum absolute atomic E-state index is 12.5. The van der Waals surface area contributed by atoms with E-state index in [1.807, 2.05) is 12.1 Å². The van der Waals surface area contributed by atoms with Crippen LogP contribution in [0.3, 0.4) is 0 Å². The van der Waals surface area contributed by atoms with Crippen LogP contribution in [0.25, 0.3) is 10.2 Å². The minimum atomic E-state index is -0.114. The fourth-order valence-corrected chi connectivity index (χ4v) is 3.79. The lowest BCUT2D eigenvalue weighted by atomic mass is 9.92. The SMILES string of the molecule is Cn1nc2c(cc1=O)CC(NC(=O)c1ccc3ncsc3c1)CC2. The van der Waals surface area contributed by atoms with Crippen LogP contribution in [-0.4, -0.2) is 26.7 Å². The predicted octanol–water partition coefficient (Wildman–Crippen LogP) is 1.68.